The first kappa shape index (κ1) is 20.9. The molecule has 1 aromatic heterocycles. The van der Waals surface area contributed by atoms with Gasteiger partial charge in [0, 0.05) is 18.3 Å². The Balaban J connectivity index is 1.69. The summed E-state index contributed by atoms with van der Waals surface area (Å²) in [5.74, 6) is -1.15. The largest absolute Gasteiger partial charge is 0.429 e. The second-order valence-corrected chi connectivity index (χ2v) is 6.91. The number of H-pyrrole nitrogens is 1. The maximum absolute atomic E-state index is 12.9. The fourth-order valence-corrected chi connectivity index (χ4v) is 3.03. The Labute approximate surface area is 172 Å². The molecule has 1 heterocycles. The summed E-state index contributed by atoms with van der Waals surface area (Å²) in [6, 6.07) is 7.64. The number of likely N-dealkylation sites (N-methyl/N-ethyl adjacent to an activating group) is 1. The SMILES string of the molecule is CN(CC(=O)Nc1ccc(Cl)c(C(F)(F)F)c1)C(=O)c1ccc2[nH]c(=S)oc2c1. The number of hydrogen-bond acceptors (Lipinski definition) is 4. The monoisotopic (exact) mass is 443 g/mol. The van der Waals surface area contributed by atoms with Crippen molar-refractivity contribution in [2.24, 2.45) is 0 Å². The topological polar surface area (TPSA) is 78.3 Å². The number of anilines is 1. The van der Waals surface area contributed by atoms with Crippen molar-refractivity contribution in [3.8, 4) is 0 Å². The van der Waals surface area contributed by atoms with Gasteiger partial charge in [-0.25, -0.2) is 0 Å². The van der Waals surface area contributed by atoms with Crippen molar-refractivity contribution >= 4 is 52.4 Å². The lowest BCUT2D eigenvalue weighted by molar-refractivity contribution is -0.137. The van der Waals surface area contributed by atoms with Crippen LogP contribution in [0.3, 0.4) is 0 Å². The van der Waals surface area contributed by atoms with E-state index in [0.717, 1.165) is 17.0 Å². The van der Waals surface area contributed by atoms with Gasteiger partial charge in [0.1, 0.15) is 0 Å². The third-order valence-electron chi connectivity index (χ3n) is 3.95. The molecule has 3 aromatic rings. The second-order valence-electron chi connectivity index (χ2n) is 6.13. The van der Waals surface area contributed by atoms with E-state index in [1.54, 1.807) is 6.07 Å². The van der Waals surface area contributed by atoms with Gasteiger partial charge in [-0.15, -0.1) is 0 Å². The number of carbonyl (C=O) groups is 2. The predicted octanol–water partition coefficient (Wildman–Crippen LogP) is 4.87. The van der Waals surface area contributed by atoms with Gasteiger partial charge >= 0.3 is 6.18 Å². The first-order chi connectivity index (χ1) is 13.5. The summed E-state index contributed by atoms with van der Waals surface area (Å²) < 4.78 is 44.0. The lowest BCUT2D eigenvalue weighted by atomic mass is 10.2. The molecule has 0 atom stereocenters. The highest BCUT2D eigenvalue weighted by atomic mass is 35.5. The molecule has 0 bridgehead atoms. The number of nitrogens with zero attached hydrogens (tertiary/aromatic N) is 1. The number of amides is 2. The van der Waals surface area contributed by atoms with Crippen LogP contribution in [-0.2, 0) is 11.0 Å². The molecule has 0 aliphatic carbocycles. The van der Waals surface area contributed by atoms with Crippen molar-refractivity contribution in [2.45, 2.75) is 6.18 Å². The molecule has 29 heavy (non-hydrogen) atoms. The first-order valence-corrected chi connectivity index (χ1v) is 8.88. The zero-order chi connectivity index (χ0) is 21.3. The van der Waals surface area contributed by atoms with Crippen LogP contribution in [0, 0.1) is 4.84 Å². The highest BCUT2D eigenvalue weighted by Gasteiger charge is 2.33. The molecule has 0 saturated carbocycles. The van der Waals surface area contributed by atoms with E-state index in [4.69, 9.17) is 28.2 Å². The van der Waals surface area contributed by atoms with Crippen LogP contribution in [0.25, 0.3) is 11.1 Å². The predicted molar refractivity (Wildman–Crippen MR) is 103 cm³/mol. The molecule has 0 aliphatic rings. The molecule has 2 aromatic carbocycles. The molecule has 2 amide bonds. The molecule has 0 spiro atoms. The highest BCUT2D eigenvalue weighted by molar-refractivity contribution is 7.71. The van der Waals surface area contributed by atoms with Crippen LogP contribution in [0.15, 0.2) is 40.8 Å². The molecular formula is C18H13ClF3N3O3S. The summed E-state index contributed by atoms with van der Waals surface area (Å²) in [6.07, 6.45) is -4.66. The van der Waals surface area contributed by atoms with Crippen molar-refractivity contribution in [1.82, 2.24) is 9.88 Å². The fraction of sp³-hybridized carbons (Fsp3) is 0.167. The number of hydrogen-bond donors (Lipinski definition) is 2. The standard InChI is InChI=1S/C18H13ClF3N3O3S/c1-25(16(27)9-2-5-13-14(6-9)28-17(29)24-13)8-15(26)23-10-3-4-12(19)11(7-10)18(20,21)22/h2-7H,8H2,1H3,(H,23,26)(H,24,29). The Morgan fingerprint density at radius 3 is 2.66 bits per heavy atom. The quantitative estimate of drug-likeness (QED) is 0.564. The van der Waals surface area contributed by atoms with Gasteiger partial charge < -0.3 is 19.6 Å². The van der Waals surface area contributed by atoms with Crippen LogP contribution in [-0.4, -0.2) is 35.3 Å². The van der Waals surface area contributed by atoms with E-state index in [2.05, 4.69) is 10.3 Å². The van der Waals surface area contributed by atoms with Crippen LogP contribution in [0.5, 0.6) is 0 Å². The zero-order valence-corrected chi connectivity index (χ0v) is 16.3. The minimum atomic E-state index is -4.66. The number of benzene rings is 2. The summed E-state index contributed by atoms with van der Waals surface area (Å²) >= 11 is 10.4. The lowest BCUT2D eigenvalue weighted by Crippen LogP contribution is -2.35. The van der Waals surface area contributed by atoms with Gasteiger partial charge in [0.05, 0.1) is 22.6 Å². The van der Waals surface area contributed by atoms with E-state index in [1.807, 2.05) is 0 Å². The van der Waals surface area contributed by atoms with E-state index in [0.29, 0.717) is 11.1 Å². The fourth-order valence-electron chi connectivity index (χ4n) is 2.61. The van der Waals surface area contributed by atoms with Crippen molar-refractivity contribution in [3.63, 3.8) is 0 Å². The third kappa shape index (κ3) is 4.77. The van der Waals surface area contributed by atoms with E-state index in [-0.39, 0.29) is 22.6 Å². The van der Waals surface area contributed by atoms with Crippen LogP contribution in [0.1, 0.15) is 15.9 Å². The summed E-state index contributed by atoms with van der Waals surface area (Å²) in [5, 5.41) is 1.85. The van der Waals surface area contributed by atoms with E-state index in [9.17, 15) is 22.8 Å². The summed E-state index contributed by atoms with van der Waals surface area (Å²) in [5.41, 5.74) is 0.121. The Hall–Kier alpha value is -2.85. The molecule has 6 nitrogen and oxygen atoms in total. The highest BCUT2D eigenvalue weighted by Crippen LogP contribution is 2.36. The number of oxazole rings is 1. The second kappa shape index (κ2) is 7.88. The number of nitrogens with one attached hydrogen (secondary N) is 2. The van der Waals surface area contributed by atoms with Crippen molar-refractivity contribution in [1.29, 1.82) is 0 Å². The van der Waals surface area contributed by atoms with Gasteiger partial charge in [-0.2, -0.15) is 13.2 Å². The molecule has 3 rings (SSSR count). The lowest BCUT2D eigenvalue weighted by Gasteiger charge is -2.17. The van der Waals surface area contributed by atoms with Crippen LogP contribution in [0.4, 0.5) is 18.9 Å². The van der Waals surface area contributed by atoms with Crippen molar-refractivity contribution in [3.05, 3.63) is 57.4 Å². The summed E-state index contributed by atoms with van der Waals surface area (Å²) in [7, 11) is 1.39. The molecule has 0 radical (unpaired) electrons. The molecule has 152 valence electrons. The van der Waals surface area contributed by atoms with Crippen LogP contribution >= 0.6 is 23.8 Å². The molecule has 0 aliphatic heterocycles. The maximum Gasteiger partial charge on any atom is 0.417 e. The number of alkyl halides is 3. The number of halogens is 4. The molecule has 2 N–H and O–H groups in total. The average molecular weight is 444 g/mol. The smallest absolute Gasteiger partial charge is 0.417 e. The minimum Gasteiger partial charge on any atom is -0.429 e. The van der Waals surface area contributed by atoms with Gasteiger partial charge in [-0.1, -0.05) is 11.6 Å². The number of rotatable bonds is 4. The minimum absolute atomic E-state index is 0.0851. The van der Waals surface area contributed by atoms with Crippen LogP contribution in [0.2, 0.25) is 5.02 Å². The average Bonchev–Trinajstić information content (AvgIpc) is 3.00. The zero-order valence-electron chi connectivity index (χ0n) is 14.8. The Morgan fingerprint density at radius 1 is 1.24 bits per heavy atom. The summed E-state index contributed by atoms with van der Waals surface area (Å²) in [4.78, 5) is 28.8. The number of fused-ring (bicyclic) bond motifs is 1. The Morgan fingerprint density at radius 2 is 1.97 bits per heavy atom. The third-order valence-corrected chi connectivity index (χ3v) is 4.47. The molecule has 11 heteroatoms. The van der Waals surface area contributed by atoms with Gasteiger partial charge in [0.25, 0.3) is 10.7 Å². The molecular weight excluding hydrogens is 431 g/mol. The molecule has 0 fully saturated rings. The number of carbonyl (C=O) groups excluding carboxylic acids is 2. The van der Waals surface area contributed by atoms with Crippen molar-refractivity contribution < 1.29 is 27.2 Å². The normalized spacial score (nSPS) is 11.5. The number of aromatic nitrogens is 1. The summed E-state index contributed by atoms with van der Waals surface area (Å²) in [6.45, 7) is -0.378. The van der Waals surface area contributed by atoms with Gasteiger partial charge in [0.15, 0.2) is 5.58 Å². The maximum atomic E-state index is 12.9. The van der Waals surface area contributed by atoms with E-state index < -0.39 is 28.6 Å². The Bertz CT molecular complexity index is 1160. The van der Waals surface area contributed by atoms with Gasteiger partial charge in [-0.3, -0.25) is 9.59 Å². The Kier molecular flexibility index (Phi) is 5.67. The molecule has 0 saturated heterocycles. The van der Waals surface area contributed by atoms with Crippen molar-refractivity contribution in [2.75, 3.05) is 18.9 Å². The van der Waals surface area contributed by atoms with E-state index in [1.165, 1.54) is 25.2 Å². The van der Waals surface area contributed by atoms with Gasteiger partial charge in [-0.05, 0) is 48.6 Å². The van der Waals surface area contributed by atoms with Gasteiger partial charge in [0.2, 0.25) is 5.91 Å². The van der Waals surface area contributed by atoms with E-state index >= 15 is 0 Å². The molecule has 0 unspecified atom stereocenters. The van der Waals surface area contributed by atoms with Crippen LogP contribution < -0.4 is 5.32 Å². The first-order valence-electron chi connectivity index (χ1n) is 8.09. The number of aromatic amines is 1.